The number of methoxy groups -OCH3 is 1. The van der Waals surface area contributed by atoms with Gasteiger partial charge in [0.1, 0.15) is 11.3 Å². The summed E-state index contributed by atoms with van der Waals surface area (Å²) in [7, 11) is 1.57. The number of hydrogen-bond donors (Lipinski definition) is 1. The van der Waals surface area contributed by atoms with Crippen LogP contribution in [0.25, 0.3) is 0 Å². The lowest BCUT2D eigenvalue weighted by Gasteiger charge is -2.29. The molecule has 0 atom stereocenters. The van der Waals surface area contributed by atoms with Gasteiger partial charge in [-0.15, -0.1) is 0 Å². The molecule has 0 unspecified atom stereocenters. The Labute approximate surface area is 126 Å². The Balaban J connectivity index is 2.42. The Morgan fingerprint density at radius 2 is 2.00 bits per heavy atom. The molecule has 108 valence electrons. The fourth-order valence-corrected chi connectivity index (χ4v) is 2.64. The molecule has 1 aromatic carbocycles. The number of anilines is 1. The van der Waals surface area contributed by atoms with Crippen LogP contribution in [0, 0.1) is 0 Å². The molecule has 0 saturated carbocycles. The SMILES string of the molecule is COc1cc(Br)cc(N2CCC(=O)NC(C)(C)C2=O)c1. The molecule has 1 aromatic rings. The minimum Gasteiger partial charge on any atom is -0.497 e. The van der Waals surface area contributed by atoms with Gasteiger partial charge < -0.3 is 15.0 Å². The van der Waals surface area contributed by atoms with Crippen molar-refractivity contribution in [3.63, 3.8) is 0 Å². The first kappa shape index (κ1) is 14.8. The molecule has 0 bridgehead atoms. The molecule has 1 N–H and O–H groups in total. The number of nitrogens with zero attached hydrogens (tertiary/aromatic N) is 1. The van der Waals surface area contributed by atoms with Crippen LogP contribution in [-0.4, -0.2) is 31.0 Å². The van der Waals surface area contributed by atoms with E-state index in [0.29, 0.717) is 18.0 Å². The molecule has 0 radical (unpaired) electrons. The van der Waals surface area contributed by atoms with Crippen LogP contribution in [0.3, 0.4) is 0 Å². The molecular formula is C14H17BrN2O3. The first-order chi connectivity index (χ1) is 9.33. The molecule has 1 saturated heterocycles. The van der Waals surface area contributed by atoms with Crippen molar-refractivity contribution in [1.82, 2.24) is 5.32 Å². The molecule has 0 spiro atoms. The highest BCUT2D eigenvalue weighted by Gasteiger charge is 2.37. The minimum absolute atomic E-state index is 0.118. The van der Waals surface area contributed by atoms with Gasteiger partial charge in [0.05, 0.1) is 7.11 Å². The largest absolute Gasteiger partial charge is 0.497 e. The second-order valence-electron chi connectivity index (χ2n) is 5.23. The molecule has 20 heavy (non-hydrogen) atoms. The van der Waals surface area contributed by atoms with Crippen molar-refractivity contribution in [3.05, 3.63) is 22.7 Å². The van der Waals surface area contributed by atoms with E-state index in [0.717, 1.165) is 4.47 Å². The summed E-state index contributed by atoms with van der Waals surface area (Å²) in [6.45, 7) is 3.77. The van der Waals surface area contributed by atoms with Crippen LogP contribution >= 0.6 is 15.9 Å². The van der Waals surface area contributed by atoms with E-state index in [-0.39, 0.29) is 18.2 Å². The molecule has 0 aromatic heterocycles. The molecule has 1 fully saturated rings. The van der Waals surface area contributed by atoms with Crippen molar-refractivity contribution < 1.29 is 14.3 Å². The number of benzene rings is 1. The molecule has 0 aliphatic carbocycles. The summed E-state index contributed by atoms with van der Waals surface area (Å²) in [4.78, 5) is 25.9. The summed E-state index contributed by atoms with van der Waals surface area (Å²) >= 11 is 3.40. The highest BCUT2D eigenvalue weighted by molar-refractivity contribution is 9.10. The molecule has 2 amide bonds. The molecule has 5 nitrogen and oxygen atoms in total. The highest BCUT2D eigenvalue weighted by atomic mass is 79.9. The topological polar surface area (TPSA) is 58.6 Å². The fraction of sp³-hybridized carbons (Fsp3) is 0.429. The number of rotatable bonds is 2. The Kier molecular flexibility index (Phi) is 4.04. The fourth-order valence-electron chi connectivity index (χ4n) is 2.18. The molecule has 6 heteroatoms. The van der Waals surface area contributed by atoms with Gasteiger partial charge in [-0.2, -0.15) is 0 Å². The minimum atomic E-state index is -0.914. The van der Waals surface area contributed by atoms with Crippen molar-refractivity contribution in [2.45, 2.75) is 25.8 Å². The average molecular weight is 341 g/mol. The van der Waals surface area contributed by atoms with E-state index in [9.17, 15) is 9.59 Å². The zero-order valence-electron chi connectivity index (χ0n) is 11.7. The van der Waals surface area contributed by atoms with Crippen LogP contribution in [0.15, 0.2) is 22.7 Å². The lowest BCUT2D eigenvalue weighted by atomic mass is 10.0. The average Bonchev–Trinajstić information content (AvgIpc) is 2.46. The first-order valence-electron chi connectivity index (χ1n) is 6.31. The lowest BCUT2D eigenvalue weighted by molar-refractivity contribution is -0.128. The van der Waals surface area contributed by atoms with E-state index >= 15 is 0 Å². The van der Waals surface area contributed by atoms with Crippen LogP contribution in [0.4, 0.5) is 5.69 Å². The van der Waals surface area contributed by atoms with Crippen LogP contribution in [0.5, 0.6) is 5.75 Å². The number of hydrogen-bond acceptors (Lipinski definition) is 3. The van der Waals surface area contributed by atoms with Crippen LogP contribution in [0.1, 0.15) is 20.3 Å². The van der Waals surface area contributed by atoms with Crippen molar-refractivity contribution in [2.75, 3.05) is 18.6 Å². The first-order valence-corrected chi connectivity index (χ1v) is 7.10. The summed E-state index contributed by atoms with van der Waals surface area (Å²) in [5.41, 5.74) is -0.200. The maximum Gasteiger partial charge on any atom is 0.252 e. The van der Waals surface area contributed by atoms with Gasteiger partial charge in [0, 0.05) is 29.2 Å². The predicted octanol–water partition coefficient (Wildman–Crippen LogP) is 2.09. The van der Waals surface area contributed by atoms with Gasteiger partial charge in [0.15, 0.2) is 0 Å². The van der Waals surface area contributed by atoms with Gasteiger partial charge in [-0.3, -0.25) is 9.59 Å². The monoisotopic (exact) mass is 340 g/mol. The van der Waals surface area contributed by atoms with E-state index in [1.165, 1.54) is 0 Å². The summed E-state index contributed by atoms with van der Waals surface area (Å²) < 4.78 is 6.04. The Morgan fingerprint density at radius 1 is 1.30 bits per heavy atom. The van der Waals surface area contributed by atoms with E-state index in [1.807, 2.05) is 12.1 Å². The van der Waals surface area contributed by atoms with Gasteiger partial charge in [-0.1, -0.05) is 15.9 Å². The quantitative estimate of drug-likeness (QED) is 0.896. The summed E-state index contributed by atoms with van der Waals surface area (Å²) in [5, 5.41) is 2.74. The van der Waals surface area contributed by atoms with E-state index in [4.69, 9.17) is 4.74 Å². The number of carbonyl (C=O) groups is 2. The maximum atomic E-state index is 12.6. The highest BCUT2D eigenvalue weighted by Crippen LogP contribution is 2.29. The summed E-state index contributed by atoms with van der Waals surface area (Å²) in [6, 6.07) is 5.45. The number of halogens is 1. The van der Waals surface area contributed by atoms with E-state index < -0.39 is 5.54 Å². The number of ether oxygens (including phenoxy) is 1. The molecule has 1 aliphatic heterocycles. The molecular weight excluding hydrogens is 324 g/mol. The number of nitrogens with one attached hydrogen (secondary N) is 1. The third-order valence-electron chi connectivity index (χ3n) is 3.20. The molecule has 1 aliphatic rings. The normalized spacial score (nSPS) is 18.5. The Bertz CT molecular complexity index is 557. The van der Waals surface area contributed by atoms with Gasteiger partial charge >= 0.3 is 0 Å². The zero-order chi connectivity index (χ0) is 14.9. The third kappa shape index (κ3) is 2.95. The van der Waals surface area contributed by atoms with Crippen molar-refractivity contribution in [2.24, 2.45) is 0 Å². The second kappa shape index (κ2) is 5.44. The predicted molar refractivity (Wildman–Crippen MR) is 79.9 cm³/mol. The number of carbonyl (C=O) groups excluding carboxylic acids is 2. The third-order valence-corrected chi connectivity index (χ3v) is 3.66. The zero-order valence-corrected chi connectivity index (χ0v) is 13.3. The van der Waals surface area contributed by atoms with Crippen LogP contribution < -0.4 is 15.0 Å². The molecule has 2 rings (SSSR count). The Hall–Kier alpha value is -1.56. The van der Waals surface area contributed by atoms with Gasteiger partial charge in [-0.25, -0.2) is 0 Å². The number of amides is 2. The second-order valence-corrected chi connectivity index (χ2v) is 6.14. The van der Waals surface area contributed by atoms with Crippen LogP contribution in [-0.2, 0) is 9.59 Å². The Morgan fingerprint density at radius 3 is 2.65 bits per heavy atom. The van der Waals surface area contributed by atoms with Crippen LogP contribution in [0.2, 0.25) is 0 Å². The van der Waals surface area contributed by atoms with E-state index in [1.54, 1.807) is 31.9 Å². The molecule has 1 heterocycles. The smallest absolute Gasteiger partial charge is 0.252 e. The van der Waals surface area contributed by atoms with Gasteiger partial charge in [-0.05, 0) is 26.0 Å². The summed E-state index contributed by atoms with van der Waals surface area (Å²) in [6.07, 6.45) is 0.282. The standard InChI is InChI=1S/C14H17BrN2O3/c1-14(2)13(19)17(5-4-12(18)16-14)10-6-9(15)7-11(8-10)20-3/h6-8H,4-5H2,1-3H3,(H,16,18). The lowest BCUT2D eigenvalue weighted by Crippen LogP contribution is -2.53. The maximum absolute atomic E-state index is 12.6. The van der Waals surface area contributed by atoms with Crippen molar-refractivity contribution in [1.29, 1.82) is 0 Å². The van der Waals surface area contributed by atoms with Gasteiger partial charge in [0.2, 0.25) is 5.91 Å². The van der Waals surface area contributed by atoms with Crippen molar-refractivity contribution >= 4 is 33.4 Å². The van der Waals surface area contributed by atoms with E-state index in [2.05, 4.69) is 21.2 Å². The van der Waals surface area contributed by atoms with Crippen molar-refractivity contribution in [3.8, 4) is 5.75 Å². The van der Waals surface area contributed by atoms with Gasteiger partial charge in [0.25, 0.3) is 5.91 Å². The summed E-state index contributed by atoms with van der Waals surface area (Å²) in [5.74, 6) is 0.403.